The lowest BCUT2D eigenvalue weighted by atomic mass is 9.60. The highest BCUT2D eigenvalue weighted by Gasteiger charge is 2.63. The van der Waals surface area contributed by atoms with Crippen molar-refractivity contribution in [2.24, 2.45) is 28.6 Å². The van der Waals surface area contributed by atoms with E-state index in [1.54, 1.807) is 0 Å². The normalized spacial score (nSPS) is 52.6. The number of rotatable bonds is 2. The molecule has 0 aromatic heterocycles. The van der Waals surface area contributed by atoms with Crippen molar-refractivity contribution in [1.29, 1.82) is 0 Å². The fourth-order valence-corrected chi connectivity index (χ4v) is 5.78. The Balaban J connectivity index is 1.86. The van der Waals surface area contributed by atoms with E-state index in [1.807, 2.05) is 7.11 Å². The SMILES string of the molecule is COC1CCC(O)CC1[C@@H]1C[C@H]2CC[C@]1(C)C2(C)C. The molecule has 3 aliphatic rings. The minimum absolute atomic E-state index is 0.0951. The maximum Gasteiger partial charge on any atom is 0.0604 e. The smallest absolute Gasteiger partial charge is 0.0604 e. The van der Waals surface area contributed by atoms with Crippen LogP contribution in [0.5, 0.6) is 0 Å². The van der Waals surface area contributed by atoms with E-state index in [-0.39, 0.29) is 6.10 Å². The summed E-state index contributed by atoms with van der Waals surface area (Å²) >= 11 is 0. The van der Waals surface area contributed by atoms with Crippen LogP contribution in [0, 0.1) is 28.6 Å². The molecule has 0 saturated heterocycles. The number of aliphatic hydroxyl groups is 1. The van der Waals surface area contributed by atoms with E-state index in [1.165, 1.54) is 19.3 Å². The first-order valence-corrected chi connectivity index (χ1v) is 8.11. The van der Waals surface area contributed by atoms with Gasteiger partial charge in [0.05, 0.1) is 12.2 Å². The molecule has 6 atom stereocenters. The van der Waals surface area contributed by atoms with Crippen LogP contribution in [0.25, 0.3) is 0 Å². The molecule has 0 aromatic carbocycles. The predicted molar refractivity (Wildman–Crippen MR) is 76.9 cm³/mol. The Morgan fingerprint density at radius 3 is 2.32 bits per heavy atom. The molecule has 2 heteroatoms. The van der Waals surface area contributed by atoms with Crippen LogP contribution < -0.4 is 0 Å². The molecule has 2 bridgehead atoms. The summed E-state index contributed by atoms with van der Waals surface area (Å²) in [5.41, 5.74) is 0.925. The topological polar surface area (TPSA) is 29.5 Å². The number of ether oxygens (including phenoxy) is 1. The summed E-state index contributed by atoms with van der Waals surface area (Å²) in [5.74, 6) is 2.21. The summed E-state index contributed by atoms with van der Waals surface area (Å²) in [6, 6.07) is 0. The maximum atomic E-state index is 10.1. The second-order valence-corrected chi connectivity index (χ2v) is 8.12. The molecule has 0 amide bonds. The van der Waals surface area contributed by atoms with Crippen LogP contribution in [0.2, 0.25) is 0 Å². The number of hydrogen-bond acceptors (Lipinski definition) is 2. The number of fused-ring (bicyclic) bond motifs is 2. The van der Waals surface area contributed by atoms with Crippen molar-refractivity contribution < 1.29 is 9.84 Å². The van der Waals surface area contributed by atoms with E-state index in [2.05, 4.69) is 20.8 Å². The molecule has 3 unspecified atom stereocenters. The van der Waals surface area contributed by atoms with Crippen LogP contribution in [0.3, 0.4) is 0 Å². The molecule has 3 aliphatic carbocycles. The van der Waals surface area contributed by atoms with Gasteiger partial charge in [0.2, 0.25) is 0 Å². The number of hydrogen-bond donors (Lipinski definition) is 1. The molecule has 0 spiro atoms. The maximum absolute atomic E-state index is 10.1. The van der Waals surface area contributed by atoms with Gasteiger partial charge in [0, 0.05) is 7.11 Å². The summed E-state index contributed by atoms with van der Waals surface area (Å²) in [4.78, 5) is 0. The van der Waals surface area contributed by atoms with Gasteiger partial charge < -0.3 is 9.84 Å². The Morgan fingerprint density at radius 2 is 1.79 bits per heavy atom. The lowest BCUT2D eigenvalue weighted by molar-refractivity contribution is -0.0713. The lowest BCUT2D eigenvalue weighted by Gasteiger charge is -2.47. The van der Waals surface area contributed by atoms with Gasteiger partial charge in [-0.1, -0.05) is 20.8 Å². The quantitative estimate of drug-likeness (QED) is 0.827. The molecule has 3 fully saturated rings. The van der Waals surface area contributed by atoms with Crippen molar-refractivity contribution in [2.45, 2.75) is 71.5 Å². The fourth-order valence-electron chi connectivity index (χ4n) is 5.78. The Kier molecular flexibility index (Phi) is 3.26. The van der Waals surface area contributed by atoms with Gasteiger partial charge in [0.25, 0.3) is 0 Å². The van der Waals surface area contributed by atoms with Crippen LogP contribution in [0.15, 0.2) is 0 Å². The highest BCUT2D eigenvalue weighted by molar-refractivity contribution is 5.12. The van der Waals surface area contributed by atoms with Gasteiger partial charge in [0.1, 0.15) is 0 Å². The van der Waals surface area contributed by atoms with Gasteiger partial charge in [0.15, 0.2) is 0 Å². The van der Waals surface area contributed by atoms with Gasteiger partial charge in [-0.15, -0.1) is 0 Å². The van der Waals surface area contributed by atoms with E-state index in [9.17, 15) is 5.11 Å². The third kappa shape index (κ3) is 1.82. The molecule has 0 aromatic rings. The summed E-state index contributed by atoms with van der Waals surface area (Å²) in [7, 11) is 1.86. The molecule has 1 N–H and O–H groups in total. The first-order chi connectivity index (χ1) is 8.90. The zero-order chi connectivity index (χ0) is 13.8. The van der Waals surface area contributed by atoms with Crippen molar-refractivity contribution in [3.63, 3.8) is 0 Å². The van der Waals surface area contributed by atoms with Crippen molar-refractivity contribution in [2.75, 3.05) is 7.11 Å². The fraction of sp³-hybridized carbons (Fsp3) is 1.00. The van der Waals surface area contributed by atoms with Gasteiger partial charge >= 0.3 is 0 Å². The number of methoxy groups -OCH3 is 1. The molecule has 0 radical (unpaired) electrons. The molecule has 19 heavy (non-hydrogen) atoms. The first-order valence-electron chi connectivity index (χ1n) is 8.11. The monoisotopic (exact) mass is 266 g/mol. The van der Waals surface area contributed by atoms with Gasteiger partial charge in [-0.05, 0) is 67.1 Å². The minimum Gasteiger partial charge on any atom is -0.393 e. The molecule has 0 aliphatic heterocycles. The number of aliphatic hydroxyl groups excluding tert-OH is 1. The minimum atomic E-state index is -0.0951. The Hall–Kier alpha value is -0.0800. The zero-order valence-electron chi connectivity index (χ0n) is 13.0. The Bertz CT molecular complexity index is 351. The highest BCUT2D eigenvalue weighted by atomic mass is 16.5. The van der Waals surface area contributed by atoms with Crippen LogP contribution in [0.1, 0.15) is 59.3 Å². The largest absolute Gasteiger partial charge is 0.393 e. The molecule has 110 valence electrons. The average molecular weight is 266 g/mol. The highest BCUT2D eigenvalue weighted by Crippen LogP contribution is 2.70. The van der Waals surface area contributed by atoms with Crippen molar-refractivity contribution in [3.8, 4) is 0 Å². The van der Waals surface area contributed by atoms with Crippen LogP contribution >= 0.6 is 0 Å². The van der Waals surface area contributed by atoms with E-state index in [4.69, 9.17) is 4.74 Å². The standard InChI is InChI=1S/C17H30O2/c1-16(2)11-7-8-17(16,3)14(9-11)13-10-12(18)5-6-15(13)19-4/h11-15,18H,5-10H2,1-4H3/t11-,12?,13?,14+,15?,17+/m1/s1. The molecule has 3 rings (SSSR count). The molecule has 2 nitrogen and oxygen atoms in total. The van der Waals surface area contributed by atoms with Crippen molar-refractivity contribution in [3.05, 3.63) is 0 Å². The molecular formula is C17H30O2. The molecule has 3 saturated carbocycles. The van der Waals surface area contributed by atoms with E-state index in [0.29, 0.717) is 22.9 Å². The van der Waals surface area contributed by atoms with Crippen LogP contribution in [-0.4, -0.2) is 24.4 Å². The van der Waals surface area contributed by atoms with Crippen molar-refractivity contribution in [1.82, 2.24) is 0 Å². The Labute approximate surface area is 117 Å². The summed E-state index contributed by atoms with van der Waals surface area (Å²) in [6.07, 6.45) is 7.35. The van der Waals surface area contributed by atoms with Gasteiger partial charge in [-0.25, -0.2) is 0 Å². The third-order valence-electron chi connectivity index (χ3n) is 7.49. The molecular weight excluding hydrogens is 236 g/mol. The van der Waals surface area contributed by atoms with Crippen LogP contribution in [0.4, 0.5) is 0 Å². The third-order valence-corrected chi connectivity index (χ3v) is 7.49. The second kappa shape index (κ2) is 4.46. The van der Waals surface area contributed by atoms with Crippen LogP contribution in [-0.2, 0) is 4.74 Å². The average Bonchev–Trinajstić information content (AvgIpc) is 2.71. The van der Waals surface area contributed by atoms with Crippen molar-refractivity contribution >= 4 is 0 Å². The summed E-state index contributed by atoms with van der Waals surface area (Å²) < 4.78 is 5.77. The first kappa shape index (κ1) is 13.9. The van der Waals surface area contributed by atoms with E-state index < -0.39 is 0 Å². The van der Waals surface area contributed by atoms with Gasteiger partial charge in [-0.2, -0.15) is 0 Å². The summed E-state index contributed by atoms with van der Waals surface area (Å²) in [6.45, 7) is 7.47. The molecule has 0 heterocycles. The van der Waals surface area contributed by atoms with E-state index >= 15 is 0 Å². The summed E-state index contributed by atoms with van der Waals surface area (Å²) in [5, 5.41) is 10.1. The second-order valence-electron chi connectivity index (χ2n) is 8.12. The van der Waals surface area contributed by atoms with E-state index in [0.717, 1.165) is 31.1 Å². The van der Waals surface area contributed by atoms with Gasteiger partial charge in [-0.3, -0.25) is 0 Å². The predicted octanol–water partition coefficient (Wildman–Crippen LogP) is 3.62. The Morgan fingerprint density at radius 1 is 1.05 bits per heavy atom. The zero-order valence-corrected chi connectivity index (χ0v) is 13.0. The lowest BCUT2D eigenvalue weighted by Crippen LogP contribution is -2.44.